The van der Waals surface area contributed by atoms with E-state index in [4.69, 9.17) is 15.7 Å². The van der Waals surface area contributed by atoms with Crippen LogP contribution in [-0.2, 0) is 20.9 Å². The number of ether oxygens (including phenoxy) is 1. The molecule has 132 valence electrons. The molecule has 1 atom stereocenters. The minimum Gasteiger partial charge on any atom is -0.461 e. The molecule has 0 aromatic heterocycles. The van der Waals surface area contributed by atoms with Crippen molar-refractivity contribution < 1.29 is 19.1 Å². The molecule has 2 aromatic carbocycles. The number of hydrogen-bond acceptors (Lipinski definition) is 5. The largest absolute Gasteiger partial charge is 0.461 e. The van der Waals surface area contributed by atoms with Crippen LogP contribution in [0.4, 0.5) is 0 Å². The summed E-state index contributed by atoms with van der Waals surface area (Å²) in [5, 5.41) is 11.2. The van der Waals surface area contributed by atoms with Gasteiger partial charge in [-0.3, -0.25) is 14.4 Å². The number of primary amides is 1. The van der Waals surface area contributed by atoms with E-state index in [-0.39, 0.29) is 18.6 Å². The predicted octanol–water partition coefficient (Wildman–Crippen LogP) is 1.28. The van der Waals surface area contributed by atoms with Gasteiger partial charge >= 0.3 is 5.97 Å². The van der Waals surface area contributed by atoms with E-state index in [1.165, 1.54) is 24.3 Å². The number of esters is 1. The molecule has 0 radical (unpaired) electrons. The zero-order valence-electron chi connectivity index (χ0n) is 13.8. The van der Waals surface area contributed by atoms with Gasteiger partial charge in [-0.2, -0.15) is 5.26 Å². The van der Waals surface area contributed by atoms with Crippen molar-refractivity contribution in [1.82, 2.24) is 5.32 Å². The molecule has 7 heteroatoms. The zero-order chi connectivity index (χ0) is 18.9. The van der Waals surface area contributed by atoms with Crippen LogP contribution in [0.3, 0.4) is 0 Å². The summed E-state index contributed by atoms with van der Waals surface area (Å²) in [5.41, 5.74) is 6.71. The monoisotopic (exact) mass is 351 g/mol. The number of carbonyl (C=O) groups excluding carboxylic acids is 3. The van der Waals surface area contributed by atoms with Crippen LogP contribution >= 0.6 is 0 Å². The van der Waals surface area contributed by atoms with Crippen molar-refractivity contribution in [1.29, 1.82) is 5.26 Å². The number of nitrogens with one attached hydrogen (secondary N) is 1. The number of rotatable bonds is 7. The summed E-state index contributed by atoms with van der Waals surface area (Å²) >= 11 is 0. The third kappa shape index (κ3) is 5.46. The molecular weight excluding hydrogens is 334 g/mol. The second kappa shape index (κ2) is 8.99. The maximum atomic E-state index is 12.2. The molecule has 2 aromatic rings. The first-order chi connectivity index (χ1) is 12.5. The fraction of sp³-hybridized carbons (Fsp3) is 0.158. The molecule has 0 saturated carbocycles. The highest BCUT2D eigenvalue weighted by molar-refractivity contribution is 5.98. The topological polar surface area (TPSA) is 122 Å². The number of benzene rings is 2. The summed E-state index contributed by atoms with van der Waals surface area (Å²) in [4.78, 5) is 35.6. The average molecular weight is 351 g/mol. The number of nitrogens with two attached hydrogens (primary N) is 1. The lowest BCUT2D eigenvalue weighted by atomic mass is 10.1. The molecule has 3 N–H and O–H groups in total. The Morgan fingerprint density at radius 3 is 2.31 bits per heavy atom. The normalized spacial score (nSPS) is 11.0. The first-order valence-corrected chi connectivity index (χ1v) is 7.79. The molecule has 0 saturated heterocycles. The van der Waals surface area contributed by atoms with Gasteiger partial charge in [0.25, 0.3) is 5.91 Å². The van der Waals surface area contributed by atoms with Crippen molar-refractivity contribution in [3.05, 3.63) is 71.3 Å². The molecule has 0 aliphatic heterocycles. The van der Waals surface area contributed by atoms with E-state index in [9.17, 15) is 14.4 Å². The Bertz CT molecular complexity index is 826. The number of hydrogen-bond donors (Lipinski definition) is 2. The molecule has 7 nitrogen and oxygen atoms in total. The molecule has 0 fully saturated rings. The fourth-order valence-electron chi connectivity index (χ4n) is 2.12. The lowest BCUT2D eigenvalue weighted by Gasteiger charge is -2.15. The number of nitriles is 1. The Morgan fingerprint density at radius 2 is 1.73 bits per heavy atom. The van der Waals surface area contributed by atoms with Gasteiger partial charge in [-0.05, 0) is 29.8 Å². The molecule has 0 unspecified atom stereocenters. The van der Waals surface area contributed by atoms with Crippen molar-refractivity contribution in [2.75, 3.05) is 0 Å². The van der Waals surface area contributed by atoms with Crippen molar-refractivity contribution in [2.24, 2.45) is 5.73 Å². The highest BCUT2D eigenvalue weighted by atomic mass is 16.5. The molecule has 2 amide bonds. The summed E-state index contributed by atoms with van der Waals surface area (Å²) in [5.74, 6) is -2.07. The Hall–Kier alpha value is -3.66. The molecule has 2 rings (SSSR count). The van der Waals surface area contributed by atoms with Crippen LogP contribution in [0, 0.1) is 11.3 Å². The van der Waals surface area contributed by atoms with Gasteiger partial charge in [0.15, 0.2) is 0 Å². The van der Waals surface area contributed by atoms with E-state index in [1.807, 2.05) is 24.3 Å². The van der Waals surface area contributed by atoms with Crippen molar-refractivity contribution in [2.45, 2.75) is 19.1 Å². The maximum Gasteiger partial charge on any atom is 0.308 e. The van der Waals surface area contributed by atoms with E-state index >= 15 is 0 Å². The highest BCUT2D eigenvalue weighted by Gasteiger charge is 2.23. The summed E-state index contributed by atoms with van der Waals surface area (Å²) < 4.78 is 5.09. The molecule has 0 heterocycles. The standard InChI is InChI=1S/C19H17N3O4/c20-11-13-6-8-15(9-7-13)19(25)22-16(18(21)24)10-17(23)26-12-14-4-2-1-3-5-14/h1-9,16H,10,12H2,(H2,21,24)(H,22,25)/t16-/m0/s1. The molecule has 26 heavy (non-hydrogen) atoms. The summed E-state index contributed by atoms with van der Waals surface area (Å²) in [7, 11) is 0. The number of carbonyl (C=O) groups is 3. The molecule has 0 spiro atoms. The van der Waals surface area contributed by atoms with E-state index in [2.05, 4.69) is 5.32 Å². The third-order valence-electron chi connectivity index (χ3n) is 3.54. The van der Waals surface area contributed by atoms with Gasteiger partial charge in [-0.25, -0.2) is 0 Å². The minimum atomic E-state index is -1.19. The average Bonchev–Trinajstić information content (AvgIpc) is 2.66. The SMILES string of the molecule is N#Cc1ccc(C(=O)N[C@@H](CC(=O)OCc2ccccc2)C(N)=O)cc1. The quantitative estimate of drug-likeness (QED) is 0.728. The van der Waals surface area contributed by atoms with E-state index in [0.717, 1.165) is 5.56 Å². The highest BCUT2D eigenvalue weighted by Crippen LogP contribution is 2.06. The van der Waals surface area contributed by atoms with E-state index in [1.54, 1.807) is 12.1 Å². The Labute approximate surface area is 150 Å². The van der Waals surface area contributed by atoms with Crippen LogP contribution in [0.25, 0.3) is 0 Å². The van der Waals surface area contributed by atoms with Gasteiger partial charge < -0.3 is 15.8 Å². The molecule has 0 aliphatic carbocycles. The molecular formula is C19H17N3O4. The van der Waals surface area contributed by atoms with Crippen LogP contribution in [0.15, 0.2) is 54.6 Å². The summed E-state index contributed by atoms with van der Waals surface area (Å²) in [6.45, 7) is 0.0642. The summed E-state index contributed by atoms with van der Waals surface area (Å²) in [6.07, 6.45) is -0.371. The van der Waals surface area contributed by atoms with Crippen LogP contribution in [0.5, 0.6) is 0 Å². The van der Waals surface area contributed by atoms with Gasteiger partial charge in [0.05, 0.1) is 18.1 Å². The first-order valence-electron chi connectivity index (χ1n) is 7.79. The van der Waals surface area contributed by atoms with E-state index < -0.39 is 23.8 Å². The third-order valence-corrected chi connectivity index (χ3v) is 3.54. The lowest BCUT2D eigenvalue weighted by Crippen LogP contribution is -2.45. The Kier molecular flexibility index (Phi) is 6.46. The van der Waals surface area contributed by atoms with Crippen LogP contribution in [-0.4, -0.2) is 23.8 Å². The van der Waals surface area contributed by atoms with Gasteiger partial charge in [0.2, 0.25) is 5.91 Å². The van der Waals surface area contributed by atoms with Crippen molar-refractivity contribution in [3.63, 3.8) is 0 Å². The lowest BCUT2D eigenvalue weighted by molar-refractivity contribution is -0.146. The first kappa shape index (κ1) is 18.7. The van der Waals surface area contributed by atoms with Gasteiger partial charge in [-0.1, -0.05) is 30.3 Å². The Morgan fingerprint density at radius 1 is 1.08 bits per heavy atom. The predicted molar refractivity (Wildman–Crippen MR) is 92.5 cm³/mol. The summed E-state index contributed by atoms with van der Waals surface area (Å²) in [6, 6.07) is 15.6. The second-order valence-electron chi connectivity index (χ2n) is 5.47. The van der Waals surface area contributed by atoms with Gasteiger partial charge in [0, 0.05) is 5.56 Å². The van der Waals surface area contributed by atoms with Crippen molar-refractivity contribution in [3.8, 4) is 6.07 Å². The van der Waals surface area contributed by atoms with Crippen LogP contribution in [0.2, 0.25) is 0 Å². The Balaban J connectivity index is 1.93. The van der Waals surface area contributed by atoms with Crippen LogP contribution < -0.4 is 11.1 Å². The van der Waals surface area contributed by atoms with Crippen LogP contribution in [0.1, 0.15) is 27.9 Å². The number of nitrogens with zero attached hydrogens (tertiary/aromatic N) is 1. The second-order valence-corrected chi connectivity index (χ2v) is 5.47. The smallest absolute Gasteiger partial charge is 0.308 e. The molecule has 0 aliphatic rings. The van der Waals surface area contributed by atoms with E-state index in [0.29, 0.717) is 5.56 Å². The minimum absolute atomic E-state index is 0.0642. The fourth-order valence-corrected chi connectivity index (χ4v) is 2.12. The van der Waals surface area contributed by atoms with Gasteiger partial charge in [-0.15, -0.1) is 0 Å². The van der Waals surface area contributed by atoms with Crippen molar-refractivity contribution >= 4 is 17.8 Å². The molecule has 0 bridgehead atoms. The number of amides is 2. The zero-order valence-corrected chi connectivity index (χ0v) is 13.8. The van der Waals surface area contributed by atoms with Gasteiger partial charge in [0.1, 0.15) is 12.6 Å². The maximum absolute atomic E-state index is 12.2.